The van der Waals surface area contributed by atoms with E-state index in [1.54, 1.807) is 0 Å². The van der Waals surface area contributed by atoms with Crippen molar-refractivity contribution >= 4 is 0 Å². The first-order valence-electron chi connectivity index (χ1n) is 6.72. The number of aryl methyl sites for hydroxylation is 1. The summed E-state index contributed by atoms with van der Waals surface area (Å²) in [4.78, 5) is 0. The molecule has 2 aromatic rings. The molecule has 0 aliphatic heterocycles. The van der Waals surface area contributed by atoms with Gasteiger partial charge in [-0.25, -0.2) is 0 Å². The predicted molar refractivity (Wildman–Crippen MR) is 75.6 cm³/mol. The summed E-state index contributed by atoms with van der Waals surface area (Å²) in [6.07, 6.45) is 3.29. The fraction of sp³-hybridized carbons (Fsp3) is 0.294. The molecule has 0 unspecified atom stereocenters. The third-order valence-corrected chi connectivity index (χ3v) is 4.02. The lowest BCUT2D eigenvalue weighted by atomic mass is 9.77. The van der Waals surface area contributed by atoms with Crippen LogP contribution in [0.4, 0.5) is 0 Å². The van der Waals surface area contributed by atoms with E-state index in [0.717, 1.165) is 19.3 Å². The zero-order valence-corrected chi connectivity index (χ0v) is 10.5. The van der Waals surface area contributed by atoms with Crippen molar-refractivity contribution in [2.75, 3.05) is 0 Å². The van der Waals surface area contributed by atoms with Crippen LogP contribution in [-0.4, -0.2) is 6.04 Å². The molecule has 0 heterocycles. The van der Waals surface area contributed by atoms with Crippen LogP contribution in [0.3, 0.4) is 0 Å². The van der Waals surface area contributed by atoms with Crippen LogP contribution in [0.15, 0.2) is 54.6 Å². The number of benzene rings is 2. The highest BCUT2D eigenvalue weighted by Gasteiger charge is 2.26. The molecule has 0 aromatic heterocycles. The lowest BCUT2D eigenvalue weighted by molar-refractivity contribution is 0.467. The molecule has 18 heavy (non-hydrogen) atoms. The van der Waals surface area contributed by atoms with Gasteiger partial charge in [0.05, 0.1) is 0 Å². The van der Waals surface area contributed by atoms with Crippen LogP contribution < -0.4 is 5.73 Å². The predicted octanol–water partition coefficient (Wildman–Crippen LogP) is 3.29. The molecule has 0 spiro atoms. The molecule has 2 N–H and O–H groups in total. The lowest BCUT2D eigenvalue weighted by Crippen LogP contribution is -2.34. The average Bonchev–Trinajstić information content (AvgIpc) is 2.43. The van der Waals surface area contributed by atoms with Gasteiger partial charge in [0, 0.05) is 12.0 Å². The maximum Gasteiger partial charge on any atom is 0.0114 e. The fourth-order valence-electron chi connectivity index (χ4n) is 3.01. The maximum absolute atomic E-state index is 6.34. The molecule has 2 atom stereocenters. The molecule has 0 fully saturated rings. The fourth-order valence-corrected chi connectivity index (χ4v) is 3.01. The summed E-state index contributed by atoms with van der Waals surface area (Å²) in [6.45, 7) is 0. The second-order valence-electron chi connectivity index (χ2n) is 5.20. The SMILES string of the molecule is N[C@@H]1CCc2ccccc2[C@@H]1Cc1ccccc1. The zero-order chi connectivity index (χ0) is 12.4. The van der Waals surface area contributed by atoms with Crippen molar-refractivity contribution in [1.82, 2.24) is 0 Å². The van der Waals surface area contributed by atoms with Crippen molar-refractivity contribution in [2.24, 2.45) is 5.73 Å². The Labute approximate surface area is 109 Å². The zero-order valence-electron chi connectivity index (χ0n) is 10.5. The summed E-state index contributed by atoms with van der Waals surface area (Å²) in [5.74, 6) is 0.470. The first-order chi connectivity index (χ1) is 8.84. The van der Waals surface area contributed by atoms with Gasteiger partial charge in [-0.2, -0.15) is 0 Å². The van der Waals surface area contributed by atoms with Gasteiger partial charge < -0.3 is 5.73 Å². The Morgan fingerprint density at radius 3 is 2.50 bits per heavy atom. The van der Waals surface area contributed by atoms with E-state index < -0.39 is 0 Å². The molecule has 0 saturated carbocycles. The van der Waals surface area contributed by atoms with Gasteiger partial charge in [-0.1, -0.05) is 54.6 Å². The molecule has 1 nitrogen and oxygen atoms in total. The van der Waals surface area contributed by atoms with Gasteiger partial charge in [-0.05, 0) is 36.0 Å². The average molecular weight is 237 g/mol. The van der Waals surface area contributed by atoms with Crippen molar-refractivity contribution in [3.63, 3.8) is 0 Å². The number of nitrogens with two attached hydrogens (primary N) is 1. The lowest BCUT2D eigenvalue weighted by Gasteiger charge is -2.31. The van der Waals surface area contributed by atoms with Gasteiger partial charge in [-0.3, -0.25) is 0 Å². The van der Waals surface area contributed by atoms with E-state index in [2.05, 4.69) is 54.6 Å². The Morgan fingerprint density at radius 1 is 0.944 bits per heavy atom. The Kier molecular flexibility index (Phi) is 3.16. The normalized spacial score (nSPS) is 22.5. The van der Waals surface area contributed by atoms with E-state index in [4.69, 9.17) is 5.73 Å². The van der Waals surface area contributed by atoms with E-state index >= 15 is 0 Å². The van der Waals surface area contributed by atoms with Gasteiger partial charge in [0.15, 0.2) is 0 Å². The Morgan fingerprint density at radius 2 is 1.67 bits per heavy atom. The van der Waals surface area contributed by atoms with Gasteiger partial charge in [0.25, 0.3) is 0 Å². The minimum Gasteiger partial charge on any atom is -0.327 e. The highest BCUT2D eigenvalue weighted by molar-refractivity contribution is 5.35. The highest BCUT2D eigenvalue weighted by atomic mass is 14.7. The second-order valence-corrected chi connectivity index (χ2v) is 5.20. The standard InChI is InChI=1S/C17H19N/c18-17-11-10-14-8-4-5-9-15(14)16(17)12-13-6-2-1-3-7-13/h1-9,16-17H,10-12,18H2/t16-,17+/m0/s1. The van der Waals surface area contributed by atoms with Crippen LogP contribution in [0, 0.1) is 0 Å². The quantitative estimate of drug-likeness (QED) is 0.852. The van der Waals surface area contributed by atoms with Crippen molar-refractivity contribution < 1.29 is 0 Å². The minimum atomic E-state index is 0.292. The van der Waals surface area contributed by atoms with Crippen LogP contribution in [-0.2, 0) is 12.8 Å². The first kappa shape index (κ1) is 11.5. The second kappa shape index (κ2) is 4.95. The van der Waals surface area contributed by atoms with Gasteiger partial charge >= 0.3 is 0 Å². The number of hydrogen-bond donors (Lipinski definition) is 1. The van der Waals surface area contributed by atoms with Crippen LogP contribution in [0.5, 0.6) is 0 Å². The van der Waals surface area contributed by atoms with E-state index in [1.807, 2.05) is 0 Å². The summed E-state index contributed by atoms with van der Waals surface area (Å²) in [6, 6.07) is 19.7. The van der Waals surface area contributed by atoms with Crippen LogP contribution in [0.2, 0.25) is 0 Å². The molecule has 0 bridgehead atoms. The Balaban J connectivity index is 1.91. The smallest absolute Gasteiger partial charge is 0.0114 e. The molecule has 1 aliphatic rings. The summed E-state index contributed by atoms with van der Waals surface area (Å²) >= 11 is 0. The molecule has 0 radical (unpaired) electrons. The minimum absolute atomic E-state index is 0.292. The summed E-state index contributed by atoms with van der Waals surface area (Å²) in [7, 11) is 0. The van der Waals surface area contributed by atoms with Crippen LogP contribution >= 0.6 is 0 Å². The molecule has 3 rings (SSSR count). The van der Waals surface area contributed by atoms with Crippen molar-refractivity contribution in [3.05, 3.63) is 71.3 Å². The molecule has 92 valence electrons. The Hall–Kier alpha value is -1.60. The molecule has 1 aliphatic carbocycles. The van der Waals surface area contributed by atoms with Crippen LogP contribution in [0.1, 0.15) is 29.0 Å². The molecular formula is C17H19N. The first-order valence-corrected chi connectivity index (χ1v) is 6.72. The summed E-state index contributed by atoms with van der Waals surface area (Å²) in [5, 5.41) is 0. The van der Waals surface area contributed by atoms with Gasteiger partial charge in [-0.15, -0.1) is 0 Å². The maximum atomic E-state index is 6.34. The van der Waals surface area contributed by atoms with Crippen molar-refractivity contribution in [1.29, 1.82) is 0 Å². The number of hydrogen-bond acceptors (Lipinski definition) is 1. The summed E-state index contributed by atoms with van der Waals surface area (Å²) in [5.41, 5.74) is 10.7. The Bertz CT molecular complexity index is 518. The van der Waals surface area contributed by atoms with E-state index in [9.17, 15) is 0 Å². The molecule has 0 amide bonds. The van der Waals surface area contributed by atoms with Crippen molar-refractivity contribution in [2.45, 2.75) is 31.2 Å². The number of fused-ring (bicyclic) bond motifs is 1. The number of rotatable bonds is 2. The monoisotopic (exact) mass is 237 g/mol. The summed E-state index contributed by atoms with van der Waals surface area (Å²) < 4.78 is 0. The molecule has 1 heteroatoms. The topological polar surface area (TPSA) is 26.0 Å². The third kappa shape index (κ3) is 2.19. The molecule has 0 saturated heterocycles. The molecule has 2 aromatic carbocycles. The van der Waals surface area contributed by atoms with Crippen molar-refractivity contribution in [3.8, 4) is 0 Å². The highest BCUT2D eigenvalue weighted by Crippen LogP contribution is 2.33. The van der Waals surface area contributed by atoms with Gasteiger partial charge in [0.2, 0.25) is 0 Å². The van der Waals surface area contributed by atoms with Crippen LogP contribution in [0.25, 0.3) is 0 Å². The van der Waals surface area contributed by atoms with E-state index in [-0.39, 0.29) is 0 Å². The van der Waals surface area contributed by atoms with E-state index in [1.165, 1.54) is 16.7 Å². The van der Waals surface area contributed by atoms with E-state index in [0.29, 0.717) is 12.0 Å². The largest absolute Gasteiger partial charge is 0.327 e. The van der Waals surface area contributed by atoms with Gasteiger partial charge in [0.1, 0.15) is 0 Å². The third-order valence-electron chi connectivity index (χ3n) is 4.02. The molecular weight excluding hydrogens is 218 g/mol.